The minimum atomic E-state index is -3.96. The Balaban J connectivity index is 1.64. The van der Waals surface area contributed by atoms with Crippen molar-refractivity contribution in [2.24, 2.45) is 5.41 Å². The normalized spacial score (nSPS) is 15.2. The Hall–Kier alpha value is -4.87. The van der Waals surface area contributed by atoms with Crippen molar-refractivity contribution in [3.8, 4) is 6.07 Å². The smallest absolute Gasteiger partial charge is 0.339 e. The van der Waals surface area contributed by atoms with Crippen molar-refractivity contribution in [1.29, 1.82) is 5.26 Å². The Labute approximate surface area is 277 Å². The number of nitriles is 1. The molecule has 1 atom stereocenters. The van der Waals surface area contributed by atoms with Gasteiger partial charge in [0, 0.05) is 25.8 Å². The molecule has 0 saturated carbocycles. The number of benzene rings is 4. The van der Waals surface area contributed by atoms with Gasteiger partial charge in [0.1, 0.15) is 5.76 Å². The standard InChI is InChI=1S/C39H40N2O5S/c1-5-38(3,6-2)35(31-18-13-19-32(24-31)41(4)47(44,45)33-22-20-30(27-40)21-23-33)34-36(42)39(46-37(34)43,25-28-14-9-7-10-15-28)26-29-16-11-8-12-17-29/h7-24,35,42H,5-6,25-26H2,1-4H3. The van der Waals surface area contributed by atoms with Gasteiger partial charge in [-0.1, -0.05) is 93.6 Å². The molecule has 1 heterocycles. The second-order valence-corrected chi connectivity index (χ2v) is 14.4. The zero-order valence-corrected chi connectivity index (χ0v) is 28.0. The molecule has 1 aliphatic heterocycles. The molecule has 1 aliphatic rings. The molecule has 7 nitrogen and oxygen atoms in total. The third-order valence-electron chi connectivity index (χ3n) is 9.67. The van der Waals surface area contributed by atoms with Crippen LogP contribution in [0.4, 0.5) is 5.69 Å². The van der Waals surface area contributed by atoms with Crippen LogP contribution >= 0.6 is 0 Å². The van der Waals surface area contributed by atoms with Crippen molar-refractivity contribution < 1.29 is 23.1 Å². The maximum absolute atomic E-state index is 14.1. The number of carbonyl (C=O) groups excluding carboxylic acids is 1. The molecule has 4 aromatic carbocycles. The van der Waals surface area contributed by atoms with Crippen LogP contribution in [0.1, 0.15) is 61.8 Å². The topological polar surface area (TPSA) is 108 Å². The third kappa shape index (κ3) is 6.54. The molecule has 4 aromatic rings. The number of rotatable bonds is 12. The maximum atomic E-state index is 14.1. The number of hydrogen-bond acceptors (Lipinski definition) is 6. The third-order valence-corrected chi connectivity index (χ3v) is 11.5. The number of aliphatic hydroxyl groups is 1. The summed E-state index contributed by atoms with van der Waals surface area (Å²) in [6.45, 7) is 6.20. The van der Waals surface area contributed by atoms with E-state index in [0.717, 1.165) is 11.1 Å². The van der Waals surface area contributed by atoms with Gasteiger partial charge in [-0.15, -0.1) is 0 Å². The Morgan fingerprint density at radius 3 is 1.94 bits per heavy atom. The number of anilines is 1. The van der Waals surface area contributed by atoms with Crippen LogP contribution in [0.15, 0.2) is 125 Å². The van der Waals surface area contributed by atoms with Crippen molar-refractivity contribution in [3.05, 3.63) is 143 Å². The first-order chi connectivity index (χ1) is 22.5. The van der Waals surface area contributed by atoms with Crippen LogP contribution in [0.5, 0.6) is 0 Å². The minimum absolute atomic E-state index is 0.0549. The summed E-state index contributed by atoms with van der Waals surface area (Å²) in [6.07, 6.45) is 1.95. The number of nitrogens with zero attached hydrogens (tertiary/aromatic N) is 2. The molecular weight excluding hydrogens is 609 g/mol. The van der Waals surface area contributed by atoms with Gasteiger partial charge in [0.2, 0.25) is 0 Å². The highest BCUT2D eigenvalue weighted by atomic mass is 32.2. The van der Waals surface area contributed by atoms with Crippen molar-refractivity contribution in [2.45, 2.75) is 62.9 Å². The maximum Gasteiger partial charge on any atom is 0.339 e. The number of carbonyl (C=O) groups is 1. The summed E-state index contributed by atoms with van der Waals surface area (Å²) in [4.78, 5) is 14.2. The minimum Gasteiger partial charge on any atom is -0.507 e. The van der Waals surface area contributed by atoms with Crippen LogP contribution in [-0.4, -0.2) is 32.1 Å². The Morgan fingerprint density at radius 2 is 1.43 bits per heavy atom. The van der Waals surface area contributed by atoms with E-state index in [9.17, 15) is 18.3 Å². The van der Waals surface area contributed by atoms with Gasteiger partial charge in [-0.25, -0.2) is 13.2 Å². The lowest BCUT2D eigenvalue weighted by molar-refractivity contribution is -0.148. The van der Waals surface area contributed by atoms with Crippen molar-refractivity contribution >= 4 is 21.7 Å². The monoisotopic (exact) mass is 648 g/mol. The van der Waals surface area contributed by atoms with Crippen LogP contribution in [0.25, 0.3) is 0 Å². The number of sulfonamides is 1. The van der Waals surface area contributed by atoms with Gasteiger partial charge >= 0.3 is 5.97 Å². The summed E-state index contributed by atoms with van der Waals surface area (Å²) in [5.41, 5.74) is 1.71. The van der Waals surface area contributed by atoms with E-state index >= 15 is 0 Å². The van der Waals surface area contributed by atoms with Gasteiger partial charge in [0.25, 0.3) is 10.0 Å². The van der Waals surface area contributed by atoms with Crippen LogP contribution in [0, 0.1) is 16.7 Å². The number of cyclic esters (lactones) is 1. The van der Waals surface area contributed by atoms with Crippen LogP contribution < -0.4 is 4.31 Å². The van der Waals surface area contributed by atoms with E-state index in [1.165, 1.54) is 35.6 Å². The SMILES string of the molecule is CCC(C)(CC)C(C1=C(O)C(Cc2ccccc2)(Cc2ccccc2)OC1=O)c1cccc(N(C)S(=O)(=O)c2ccc(C#N)cc2)c1. The summed E-state index contributed by atoms with van der Waals surface area (Å²) in [7, 11) is -2.49. The van der Waals surface area contributed by atoms with E-state index in [2.05, 4.69) is 20.8 Å². The number of hydrogen-bond donors (Lipinski definition) is 1. The van der Waals surface area contributed by atoms with Crippen molar-refractivity contribution in [2.75, 3.05) is 11.4 Å². The molecule has 0 radical (unpaired) electrons. The molecule has 242 valence electrons. The van der Waals surface area contributed by atoms with Gasteiger partial charge in [0.05, 0.1) is 27.8 Å². The second kappa shape index (κ2) is 13.5. The van der Waals surface area contributed by atoms with Gasteiger partial charge < -0.3 is 9.84 Å². The fourth-order valence-corrected chi connectivity index (χ4v) is 7.69. The summed E-state index contributed by atoms with van der Waals surface area (Å²) in [5, 5.41) is 21.4. The summed E-state index contributed by atoms with van der Waals surface area (Å²) in [5.74, 6) is -1.25. The molecule has 1 N–H and O–H groups in total. The van der Waals surface area contributed by atoms with Gasteiger partial charge in [-0.2, -0.15) is 5.26 Å². The highest BCUT2D eigenvalue weighted by Crippen LogP contribution is 2.52. The van der Waals surface area contributed by atoms with Crippen LogP contribution in [0.2, 0.25) is 0 Å². The van der Waals surface area contributed by atoms with Crippen molar-refractivity contribution in [1.82, 2.24) is 0 Å². The van der Waals surface area contributed by atoms with E-state index in [1.54, 1.807) is 18.2 Å². The second-order valence-electron chi connectivity index (χ2n) is 12.5. The molecule has 0 bridgehead atoms. The van der Waals surface area contributed by atoms with Crippen LogP contribution in [-0.2, 0) is 32.4 Å². The Morgan fingerprint density at radius 1 is 0.872 bits per heavy atom. The summed E-state index contributed by atoms with van der Waals surface area (Å²) >= 11 is 0. The molecule has 5 rings (SSSR count). The predicted molar refractivity (Wildman–Crippen MR) is 183 cm³/mol. The average molecular weight is 649 g/mol. The zero-order valence-electron chi connectivity index (χ0n) is 27.2. The molecule has 0 fully saturated rings. The molecule has 1 unspecified atom stereocenters. The number of ether oxygens (including phenoxy) is 1. The predicted octanol–water partition coefficient (Wildman–Crippen LogP) is 7.89. The first kappa shape index (κ1) is 33.5. The zero-order chi connectivity index (χ0) is 33.8. The van der Waals surface area contributed by atoms with Gasteiger partial charge in [-0.05, 0) is 71.3 Å². The molecule has 8 heteroatoms. The lowest BCUT2D eigenvalue weighted by Crippen LogP contribution is -2.37. The van der Waals surface area contributed by atoms with Crippen molar-refractivity contribution in [3.63, 3.8) is 0 Å². The first-order valence-electron chi connectivity index (χ1n) is 15.8. The van der Waals surface area contributed by atoms with E-state index in [1.807, 2.05) is 72.8 Å². The molecule has 47 heavy (non-hydrogen) atoms. The first-order valence-corrected chi connectivity index (χ1v) is 17.3. The van der Waals surface area contributed by atoms with E-state index < -0.39 is 32.9 Å². The Kier molecular flexibility index (Phi) is 9.60. The van der Waals surface area contributed by atoms with Crippen LogP contribution in [0.3, 0.4) is 0 Å². The molecule has 0 spiro atoms. The fourth-order valence-electron chi connectivity index (χ4n) is 6.51. The lowest BCUT2D eigenvalue weighted by Gasteiger charge is -2.37. The van der Waals surface area contributed by atoms with Gasteiger partial charge in [0.15, 0.2) is 5.60 Å². The number of aliphatic hydroxyl groups excluding tert-OH is 1. The summed E-state index contributed by atoms with van der Waals surface area (Å²) < 4.78 is 34.7. The molecule has 0 aromatic heterocycles. The van der Waals surface area contributed by atoms with E-state index in [-0.39, 0.29) is 29.1 Å². The molecule has 0 aliphatic carbocycles. The highest BCUT2D eigenvalue weighted by molar-refractivity contribution is 7.92. The quantitative estimate of drug-likeness (QED) is 0.157. The molecule has 0 saturated heterocycles. The lowest BCUT2D eigenvalue weighted by atomic mass is 9.66. The van der Waals surface area contributed by atoms with E-state index in [4.69, 9.17) is 10.00 Å². The molecule has 0 amide bonds. The highest BCUT2D eigenvalue weighted by Gasteiger charge is 2.53. The Bertz CT molecular complexity index is 1870. The van der Waals surface area contributed by atoms with Gasteiger partial charge in [-0.3, -0.25) is 4.31 Å². The largest absolute Gasteiger partial charge is 0.507 e. The van der Waals surface area contributed by atoms with E-state index in [0.29, 0.717) is 29.7 Å². The fraction of sp³-hybridized carbons (Fsp3) is 0.282. The molecular formula is C39H40N2O5S. The number of esters is 1. The summed E-state index contributed by atoms with van der Waals surface area (Å²) in [6, 6.07) is 34.3. The average Bonchev–Trinajstić information content (AvgIpc) is 3.32.